The van der Waals surface area contributed by atoms with E-state index >= 15 is 0 Å². The number of carbonyl (C=O) groups excluding carboxylic acids is 1. The Morgan fingerprint density at radius 1 is 1.04 bits per heavy atom. The number of halogens is 1. The smallest absolute Gasteiger partial charge is 0.287 e. The number of amides is 1. The molecule has 4 rings (SSSR count). The zero-order chi connectivity index (χ0) is 16.0. The number of anilines is 1. The van der Waals surface area contributed by atoms with E-state index in [0.717, 1.165) is 17.0 Å². The van der Waals surface area contributed by atoms with E-state index in [1.807, 2.05) is 37.3 Å². The lowest BCUT2D eigenvalue weighted by atomic mass is 10.1. The van der Waals surface area contributed by atoms with E-state index in [9.17, 15) is 9.18 Å². The third kappa shape index (κ3) is 2.30. The molecule has 1 aromatic heterocycles. The topological polar surface area (TPSA) is 38.1 Å². The summed E-state index contributed by atoms with van der Waals surface area (Å²) in [5.41, 5.74) is 4.44. The summed E-state index contributed by atoms with van der Waals surface area (Å²) >= 11 is 0. The molecule has 3 aromatic rings. The van der Waals surface area contributed by atoms with Crippen molar-refractivity contribution >= 4 is 11.7 Å². The molecule has 2 heterocycles. The molecule has 0 unspecified atom stereocenters. The van der Waals surface area contributed by atoms with Crippen molar-refractivity contribution in [2.45, 2.75) is 13.5 Å². The average Bonchev–Trinajstić information content (AvgIpc) is 3.09. The minimum absolute atomic E-state index is 0.218. The normalized spacial score (nSPS) is 13.5. The van der Waals surface area contributed by atoms with Crippen LogP contribution in [0.3, 0.4) is 0 Å². The molecule has 0 aliphatic carbocycles. The number of aromatic nitrogens is 2. The van der Waals surface area contributed by atoms with Crippen molar-refractivity contribution < 1.29 is 9.18 Å². The number of carbonyl (C=O) groups is 1. The minimum Gasteiger partial charge on any atom is -0.287 e. The summed E-state index contributed by atoms with van der Waals surface area (Å²) in [6.07, 6.45) is 0. The van der Waals surface area contributed by atoms with Gasteiger partial charge in [0.1, 0.15) is 5.82 Å². The van der Waals surface area contributed by atoms with Gasteiger partial charge in [-0.1, -0.05) is 29.8 Å². The fourth-order valence-electron chi connectivity index (χ4n) is 2.73. The maximum atomic E-state index is 13.0. The van der Waals surface area contributed by atoms with Gasteiger partial charge in [-0.3, -0.25) is 4.90 Å². The van der Waals surface area contributed by atoms with Gasteiger partial charge in [-0.15, -0.1) is 0 Å². The standard InChI is InChI=1S/C18H14FN3O/c1-12-2-4-13(5-3-12)17-10-16-11-21(18(23)22(16)20-17)15-8-6-14(19)7-9-15/h2-10H,11H2,1H3. The van der Waals surface area contributed by atoms with Crippen LogP contribution < -0.4 is 4.90 Å². The van der Waals surface area contributed by atoms with E-state index in [1.165, 1.54) is 22.4 Å². The first-order valence-electron chi connectivity index (χ1n) is 7.35. The second-order valence-corrected chi connectivity index (χ2v) is 5.64. The molecule has 5 heteroatoms. The highest BCUT2D eigenvalue weighted by Crippen LogP contribution is 2.28. The highest BCUT2D eigenvalue weighted by atomic mass is 19.1. The Balaban J connectivity index is 1.65. The first kappa shape index (κ1) is 13.7. The molecule has 0 saturated heterocycles. The molecule has 0 saturated carbocycles. The van der Waals surface area contributed by atoms with Crippen molar-refractivity contribution in [1.29, 1.82) is 0 Å². The third-order valence-electron chi connectivity index (χ3n) is 4.00. The summed E-state index contributed by atoms with van der Waals surface area (Å²) in [5, 5.41) is 4.42. The molecular formula is C18H14FN3O. The van der Waals surface area contributed by atoms with Crippen LogP contribution in [0.15, 0.2) is 54.6 Å². The molecule has 114 valence electrons. The third-order valence-corrected chi connectivity index (χ3v) is 4.00. The van der Waals surface area contributed by atoms with Crippen molar-refractivity contribution in [3.63, 3.8) is 0 Å². The Morgan fingerprint density at radius 2 is 1.74 bits per heavy atom. The maximum absolute atomic E-state index is 13.0. The number of nitrogens with zero attached hydrogens (tertiary/aromatic N) is 3. The number of benzene rings is 2. The lowest BCUT2D eigenvalue weighted by Crippen LogP contribution is -2.26. The summed E-state index contributed by atoms with van der Waals surface area (Å²) < 4.78 is 14.4. The molecule has 0 bridgehead atoms. The van der Waals surface area contributed by atoms with Gasteiger partial charge in [-0.25, -0.2) is 9.18 Å². The van der Waals surface area contributed by atoms with Crippen molar-refractivity contribution in [2.24, 2.45) is 0 Å². The second kappa shape index (κ2) is 5.05. The van der Waals surface area contributed by atoms with Gasteiger partial charge >= 0.3 is 6.03 Å². The predicted octanol–water partition coefficient (Wildman–Crippen LogP) is 3.99. The molecule has 0 radical (unpaired) electrons. The fraction of sp³-hybridized carbons (Fsp3) is 0.111. The van der Waals surface area contributed by atoms with Crippen LogP contribution in [0.4, 0.5) is 14.9 Å². The van der Waals surface area contributed by atoms with Gasteiger partial charge in [-0.2, -0.15) is 9.78 Å². The minimum atomic E-state index is -0.320. The summed E-state index contributed by atoms with van der Waals surface area (Å²) in [4.78, 5) is 14.1. The highest BCUT2D eigenvalue weighted by molar-refractivity contribution is 5.96. The van der Waals surface area contributed by atoms with Crippen LogP contribution in [-0.2, 0) is 6.54 Å². The van der Waals surface area contributed by atoms with E-state index in [-0.39, 0.29) is 11.8 Å². The van der Waals surface area contributed by atoms with Crippen molar-refractivity contribution in [3.05, 3.63) is 71.7 Å². The van der Waals surface area contributed by atoms with E-state index in [1.54, 1.807) is 17.0 Å². The molecule has 0 spiro atoms. The number of rotatable bonds is 2. The molecule has 2 aromatic carbocycles. The molecule has 0 N–H and O–H groups in total. The van der Waals surface area contributed by atoms with E-state index in [2.05, 4.69) is 5.10 Å². The predicted molar refractivity (Wildman–Crippen MR) is 85.8 cm³/mol. The van der Waals surface area contributed by atoms with E-state index < -0.39 is 0 Å². The number of fused-ring (bicyclic) bond motifs is 1. The number of hydrogen-bond donors (Lipinski definition) is 0. The van der Waals surface area contributed by atoms with E-state index in [4.69, 9.17) is 0 Å². The van der Waals surface area contributed by atoms with Gasteiger partial charge in [0.05, 0.1) is 17.9 Å². The van der Waals surface area contributed by atoms with Crippen LogP contribution in [0.5, 0.6) is 0 Å². The lowest BCUT2D eigenvalue weighted by Gasteiger charge is -2.14. The van der Waals surface area contributed by atoms with Crippen molar-refractivity contribution in [1.82, 2.24) is 9.78 Å². The SMILES string of the molecule is Cc1ccc(-c2cc3n(n2)C(=O)N(c2ccc(F)cc2)C3)cc1. The number of hydrogen-bond acceptors (Lipinski definition) is 2. The fourth-order valence-corrected chi connectivity index (χ4v) is 2.73. The first-order chi connectivity index (χ1) is 11.1. The molecule has 1 aliphatic rings. The van der Waals surface area contributed by atoms with E-state index in [0.29, 0.717) is 12.2 Å². The van der Waals surface area contributed by atoms with Crippen LogP contribution in [-0.4, -0.2) is 15.8 Å². The Kier molecular flexibility index (Phi) is 3.01. The molecule has 23 heavy (non-hydrogen) atoms. The number of aryl methyl sites for hydroxylation is 1. The van der Waals surface area contributed by atoms with Crippen LogP contribution >= 0.6 is 0 Å². The second-order valence-electron chi connectivity index (χ2n) is 5.64. The summed E-state index contributed by atoms with van der Waals surface area (Å²) in [5.74, 6) is -0.320. The van der Waals surface area contributed by atoms with Gasteiger partial charge in [0.2, 0.25) is 0 Å². The van der Waals surface area contributed by atoms with Crippen molar-refractivity contribution in [3.8, 4) is 11.3 Å². The first-order valence-corrected chi connectivity index (χ1v) is 7.35. The summed E-state index contributed by atoms with van der Waals surface area (Å²) in [6, 6.07) is 15.6. The monoisotopic (exact) mass is 307 g/mol. The zero-order valence-corrected chi connectivity index (χ0v) is 12.5. The average molecular weight is 307 g/mol. The van der Waals surface area contributed by atoms with Gasteiger partial charge < -0.3 is 0 Å². The Bertz CT molecular complexity index is 882. The molecule has 0 atom stereocenters. The summed E-state index contributed by atoms with van der Waals surface area (Å²) in [6.45, 7) is 2.46. The van der Waals surface area contributed by atoms with Crippen molar-refractivity contribution in [2.75, 3.05) is 4.90 Å². The van der Waals surface area contributed by atoms with Gasteiger partial charge in [0.15, 0.2) is 0 Å². The summed E-state index contributed by atoms with van der Waals surface area (Å²) in [7, 11) is 0. The zero-order valence-electron chi connectivity index (χ0n) is 12.5. The van der Waals surface area contributed by atoms with Crippen LogP contribution in [0.2, 0.25) is 0 Å². The van der Waals surface area contributed by atoms with Gasteiger partial charge in [0.25, 0.3) is 0 Å². The quantitative estimate of drug-likeness (QED) is 0.718. The van der Waals surface area contributed by atoms with Gasteiger partial charge in [-0.05, 0) is 37.3 Å². The maximum Gasteiger partial charge on any atom is 0.349 e. The molecule has 1 amide bonds. The Morgan fingerprint density at radius 3 is 2.39 bits per heavy atom. The molecular weight excluding hydrogens is 293 g/mol. The van der Waals surface area contributed by atoms with Gasteiger partial charge in [0, 0.05) is 11.3 Å². The largest absolute Gasteiger partial charge is 0.349 e. The highest BCUT2D eigenvalue weighted by Gasteiger charge is 2.30. The molecule has 0 fully saturated rings. The van der Waals surface area contributed by atoms with Crippen LogP contribution in [0.25, 0.3) is 11.3 Å². The Labute approximate surface area is 132 Å². The molecule has 1 aliphatic heterocycles. The molecule has 4 nitrogen and oxygen atoms in total. The van der Waals surface area contributed by atoms with Crippen LogP contribution in [0, 0.1) is 12.7 Å². The van der Waals surface area contributed by atoms with Crippen LogP contribution in [0.1, 0.15) is 11.3 Å². The lowest BCUT2D eigenvalue weighted by molar-refractivity contribution is 0.248. The Hall–Kier alpha value is -2.95.